The summed E-state index contributed by atoms with van der Waals surface area (Å²) in [4.78, 5) is 13.0. The number of amides is 1. The first-order valence-electron chi connectivity index (χ1n) is 7.11. The third-order valence-electron chi connectivity index (χ3n) is 3.69. The summed E-state index contributed by atoms with van der Waals surface area (Å²) in [5.41, 5.74) is 1.01. The number of aromatic nitrogens is 2. The SMILES string of the molecule is CN(C)C(=O)CNCc1ccn(C2CCCCC2)n1. The average Bonchev–Trinajstić information content (AvgIpc) is 2.88. The summed E-state index contributed by atoms with van der Waals surface area (Å²) < 4.78 is 2.10. The molecule has 1 aliphatic rings. The van der Waals surface area contributed by atoms with Gasteiger partial charge in [-0.1, -0.05) is 19.3 Å². The van der Waals surface area contributed by atoms with Gasteiger partial charge in [0.15, 0.2) is 0 Å². The number of rotatable bonds is 5. The Balaban J connectivity index is 1.79. The minimum Gasteiger partial charge on any atom is -0.348 e. The third-order valence-corrected chi connectivity index (χ3v) is 3.69. The second-order valence-corrected chi connectivity index (χ2v) is 5.47. The van der Waals surface area contributed by atoms with E-state index in [4.69, 9.17) is 0 Å². The monoisotopic (exact) mass is 264 g/mol. The van der Waals surface area contributed by atoms with Gasteiger partial charge in [-0.25, -0.2) is 0 Å². The molecule has 0 saturated heterocycles. The fourth-order valence-corrected chi connectivity index (χ4v) is 2.48. The van der Waals surface area contributed by atoms with Gasteiger partial charge >= 0.3 is 0 Å². The normalized spacial score (nSPS) is 16.5. The number of carbonyl (C=O) groups excluding carboxylic acids is 1. The lowest BCUT2D eigenvalue weighted by Gasteiger charge is -2.21. The smallest absolute Gasteiger partial charge is 0.236 e. The lowest BCUT2D eigenvalue weighted by atomic mass is 9.96. The summed E-state index contributed by atoms with van der Waals surface area (Å²) in [7, 11) is 3.53. The van der Waals surface area contributed by atoms with Crippen LogP contribution in [-0.2, 0) is 11.3 Å². The first kappa shape index (κ1) is 14.1. The molecule has 1 aromatic rings. The Kier molecular flexibility index (Phi) is 4.96. The second kappa shape index (κ2) is 6.70. The van der Waals surface area contributed by atoms with Crippen molar-refractivity contribution in [2.24, 2.45) is 0 Å². The van der Waals surface area contributed by atoms with Gasteiger partial charge in [0.2, 0.25) is 5.91 Å². The van der Waals surface area contributed by atoms with Gasteiger partial charge in [-0.2, -0.15) is 5.10 Å². The van der Waals surface area contributed by atoms with Crippen LogP contribution in [0.25, 0.3) is 0 Å². The Morgan fingerprint density at radius 2 is 2.16 bits per heavy atom. The quantitative estimate of drug-likeness (QED) is 0.878. The van der Waals surface area contributed by atoms with E-state index >= 15 is 0 Å². The Labute approximate surface area is 115 Å². The van der Waals surface area contributed by atoms with Crippen LogP contribution in [0.3, 0.4) is 0 Å². The molecule has 2 rings (SSSR count). The molecule has 0 aliphatic heterocycles. The van der Waals surface area contributed by atoms with Crippen molar-refractivity contribution in [2.45, 2.75) is 44.7 Å². The van der Waals surface area contributed by atoms with Crippen LogP contribution < -0.4 is 5.32 Å². The lowest BCUT2D eigenvalue weighted by Crippen LogP contribution is -2.32. The minimum absolute atomic E-state index is 0.0895. The Bertz CT molecular complexity index is 407. The summed E-state index contributed by atoms with van der Waals surface area (Å²) >= 11 is 0. The molecule has 1 fully saturated rings. The molecule has 0 bridgehead atoms. The summed E-state index contributed by atoms with van der Waals surface area (Å²) in [5.74, 6) is 0.0895. The lowest BCUT2D eigenvalue weighted by molar-refractivity contribution is -0.127. The summed E-state index contributed by atoms with van der Waals surface area (Å²) in [6.07, 6.45) is 8.55. The number of likely N-dealkylation sites (N-methyl/N-ethyl adjacent to an activating group) is 1. The van der Waals surface area contributed by atoms with Gasteiger partial charge in [-0.05, 0) is 18.9 Å². The number of nitrogens with one attached hydrogen (secondary N) is 1. The van der Waals surface area contributed by atoms with Crippen LogP contribution >= 0.6 is 0 Å². The summed E-state index contributed by atoms with van der Waals surface area (Å²) in [6.45, 7) is 1.02. The van der Waals surface area contributed by atoms with Gasteiger partial charge in [0.1, 0.15) is 0 Å². The first-order chi connectivity index (χ1) is 9.16. The van der Waals surface area contributed by atoms with E-state index in [1.54, 1.807) is 19.0 Å². The van der Waals surface area contributed by atoms with Crippen molar-refractivity contribution in [3.63, 3.8) is 0 Å². The van der Waals surface area contributed by atoms with Gasteiger partial charge in [-0.3, -0.25) is 9.48 Å². The largest absolute Gasteiger partial charge is 0.348 e. The molecular weight excluding hydrogens is 240 g/mol. The zero-order chi connectivity index (χ0) is 13.7. The van der Waals surface area contributed by atoms with Gasteiger partial charge in [0.05, 0.1) is 18.3 Å². The van der Waals surface area contributed by atoms with Crippen molar-refractivity contribution >= 4 is 5.91 Å². The average molecular weight is 264 g/mol. The molecule has 1 aromatic heterocycles. The van der Waals surface area contributed by atoms with Crippen LogP contribution in [0.5, 0.6) is 0 Å². The van der Waals surface area contributed by atoms with Crippen LogP contribution in [0, 0.1) is 0 Å². The third kappa shape index (κ3) is 4.06. The molecule has 1 saturated carbocycles. The molecule has 106 valence electrons. The van der Waals surface area contributed by atoms with E-state index in [0.29, 0.717) is 19.1 Å². The van der Waals surface area contributed by atoms with Gasteiger partial charge in [0.25, 0.3) is 0 Å². The second-order valence-electron chi connectivity index (χ2n) is 5.47. The molecule has 1 amide bonds. The highest BCUT2D eigenvalue weighted by Gasteiger charge is 2.15. The number of nitrogens with zero attached hydrogens (tertiary/aromatic N) is 3. The van der Waals surface area contributed by atoms with E-state index in [0.717, 1.165) is 5.69 Å². The van der Waals surface area contributed by atoms with Crippen molar-refractivity contribution in [3.05, 3.63) is 18.0 Å². The summed E-state index contributed by atoms with van der Waals surface area (Å²) in [5, 5.41) is 7.74. The Morgan fingerprint density at radius 3 is 2.84 bits per heavy atom. The molecule has 5 heteroatoms. The molecule has 5 nitrogen and oxygen atoms in total. The van der Waals surface area contributed by atoms with Crippen molar-refractivity contribution in [1.29, 1.82) is 0 Å². The Morgan fingerprint density at radius 1 is 1.42 bits per heavy atom. The predicted octanol–water partition coefficient (Wildman–Crippen LogP) is 1.57. The molecule has 1 heterocycles. The van der Waals surface area contributed by atoms with E-state index in [1.807, 2.05) is 6.07 Å². The van der Waals surface area contributed by atoms with Crippen LogP contribution in [-0.4, -0.2) is 41.2 Å². The van der Waals surface area contributed by atoms with Crippen molar-refractivity contribution in [2.75, 3.05) is 20.6 Å². The van der Waals surface area contributed by atoms with Crippen molar-refractivity contribution < 1.29 is 4.79 Å². The number of hydrogen-bond acceptors (Lipinski definition) is 3. The fraction of sp³-hybridized carbons (Fsp3) is 0.714. The zero-order valence-electron chi connectivity index (χ0n) is 11.9. The molecule has 0 radical (unpaired) electrons. The molecular formula is C14H24N4O. The zero-order valence-corrected chi connectivity index (χ0v) is 11.9. The molecule has 19 heavy (non-hydrogen) atoms. The topological polar surface area (TPSA) is 50.2 Å². The highest BCUT2D eigenvalue weighted by Crippen LogP contribution is 2.27. The maximum absolute atomic E-state index is 11.4. The highest BCUT2D eigenvalue weighted by molar-refractivity contribution is 5.77. The molecule has 1 N–H and O–H groups in total. The van der Waals surface area contributed by atoms with Crippen LogP contribution in [0.4, 0.5) is 0 Å². The van der Waals surface area contributed by atoms with E-state index < -0.39 is 0 Å². The Hall–Kier alpha value is -1.36. The van der Waals surface area contributed by atoms with Gasteiger partial charge in [-0.15, -0.1) is 0 Å². The molecule has 0 spiro atoms. The maximum Gasteiger partial charge on any atom is 0.236 e. The van der Waals surface area contributed by atoms with E-state index in [9.17, 15) is 4.79 Å². The standard InChI is InChI=1S/C14H24N4O/c1-17(2)14(19)11-15-10-12-8-9-18(16-12)13-6-4-3-5-7-13/h8-9,13,15H,3-7,10-11H2,1-2H3. The van der Waals surface area contributed by atoms with E-state index in [-0.39, 0.29) is 5.91 Å². The first-order valence-corrected chi connectivity index (χ1v) is 7.11. The number of carbonyl (C=O) groups is 1. The van der Waals surface area contributed by atoms with Crippen LogP contribution in [0.2, 0.25) is 0 Å². The molecule has 0 unspecified atom stereocenters. The summed E-state index contributed by atoms with van der Waals surface area (Å²) in [6, 6.07) is 2.62. The van der Waals surface area contributed by atoms with Crippen molar-refractivity contribution in [3.8, 4) is 0 Å². The maximum atomic E-state index is 11.4. The van der Waals surface area contributed by atoms with E-state index in [1.165, 1.54) is 32.1 Å². The van der Waals surface area contributed by atoms with Crippen LogP contribution in [0.1, 0.15) is 43.8 Å². The minimum atomic E-state index is 0.0895. The predicted molar refractivity (Wildman–Crippen MR) is 74.7 cm³/mol. The molecule has 0 aromatic carbocycles. The van der Waals surface area contributed by atoms with E-state index in [2.05, 4.69) is 21.3 Å². The number of hydrogen-bond donors (Lipinski definition) is 1. The highest BCUT2D eigenvalue weighted by atomic mass is 16.2. The van der Waals surface area contributed by atoms with Gasteiger partial charge < -0.3 is 10.2 Å². The molecule has 1 aliphatic carbocycles. The van der Waals surface area contributed by atoms with Crippen LogP contribution in [0.15, 0.2) is 12.3 Å². The fourth-order valence-electron chi connectivity index (χ4n) is 2.48. The van der Waals surface area contributed by atoms with Crippen molar-refractivity contribution in [1.82, 2.24) is 20.0 Å². The molecule has 0 atom stereocenters. The van der Waals surface area contributed by atoms with Gasteiger partial charge in [0, 0.05) is 26.8 Å².